The summed E-state index contributed by atoms with van der Waals surface area (Å²) in [5.41, 5.74) is 7.04. The van der Waals surface area contributed by atoms with Crippen molar-refractivity contribution in [1.82, 2.24) is 9.88 Å². The minimum absolute atomic E-state index is 0.210. The first kappa shape index (κ1) is 11.5. The van der Waals surface area contributed by atoms with Gasteiger partial charge in [-0.1, -0.05) is 6.42 Å². The second-order valence-corrected chi connectivity index (χ2v) is 5.51. The van der Waals surface area contributed by atoms with Crippen LogP contribution in [-0.4, -0.2) is 28.9 Å². The fraction of sp³-hybridized carbons (Fsp3) is 0.571. The Balaban J connectivity index is 1.60. The number of aromatic nitrogens is 1. The van der Waals surface area contributed by atoms with Crippen LogP contribution in [0.5, 0.6) is 0 Å². The van der Waals surface area contributed by atoms with E-state index in [9.17, 15) is 4.79 Å². The van der Waals surface area contributed by atoms with E-state index < -0.39 is 0 Å². The van der Waals surface area contributed by atoms with E-state index in [4.69, 9.17) is 5.73 Å². The van der Waals surface area contributed by atoms with Crippen LogP contribution in [0.4, 0.5) is 5.69 Å². The summed E-state index contributed by atoms with van der Waals surface area (Å²) in [5, 5.41) is 0. The van der Waals surface area contributed by atoms with E-state index in [1.165, 1.54) is 19.3 Å². The minimum Gasteiger partial charge on any atom is -0.397 e. The maximum Gasteiger partial charge on any atom is 0.228 e. The highest BCUT2D eigenvalue weighted by molar-refractivity contribution is 5.78. The van der Waals surface area contributed by atoms with Gasteiger partial charge in [-0.2, -0.15) is 0 Å². The van der Waals surface area contributed by atoms with Crippen molar-refractivity contribution in [3.8, 4) is 0 Å². The van der Waals surface area contributed by atoms with Crippen molar-refractivity contribution < 1.29 is 4.79 Å². The van der Waals surface area contributed by atoms with Gasteiger partial charge >= 0.3 is 0 Å². The topological polar surface area (TPSA) is 59.2 Å². The maximum absolute atomic E-state index is 12.2. The number of carbonyl (C=O) groups is 1. The summed E-state index contributed by atoms with van der Waals surface area (Å²) >= 11 is 0. The highest BCUT2D eigenvalue weighted by Crippen LogP contribution is 2.37. The van der Waals surface area contributed by atoms with Crippen molar-refractivity contribution in [2.45, 2.75) is 25.7 Å². The fourth-order valence-electron chi connectivity index (χ4n) is 3.25. The van der Waals surface area contributed by atoms with Crippen molar-refractivity contribution in [2.24, 2.45) is 11.8 Å². The molecule has 1 saturated heterocycles. The SMILES string of the molecule is Nc1ccc(CC(=O)N2CC3CCCC3C2)nc1. The smallest absolute Gasteiger partial charge is 0.228 e. The number of hydrogen-bond acceptors (Lipinski definition) is 3. The van der Waals surface area contributed by atoms with Crippen molar-refractivity contribution >= 4 is 11.6 Å². The molecule has 2 unspecified atom stereocenters. The van der Waals surface area contributed by atoms with E-state index in [-0.39, 0.29) is 5.91 Å². The van der Waals surface area contributed by atoms with Gasteiger partial charge in [0.05, 0.1) is 18.3 Å². The van der Waals surface area contributed by atoms with Crippen molar-refractivity contribution in [3.05, 3.63) is 24.0 Å². The molecule has 0 bridgehead atoms. The van der Waals surface area contributed by atoms with Crippen LogP contribution >= 0.6 is 0 Å². The quantitative estimate of drug-likeness (QED) is 0.858. The zero-order valence-corrected chi connectivity index (χ0v) is 10.5. The molecule has 1 aromatic heterocycles. The molecule has 1 aromatic rings. The average molecular weight is 245 g/mol. The summed E-state index contributed by atoms with van der Waals surface area (Å²) < 4.78 is 0. The van der Waals surface area contributed by atoms with E-state index in [1.807, 2.05) is 11.0 Å². The van der Waals surface area contributed by atoms with E-state index in [1.54, 1.807) is 12.3 Å². The lowest BCUT2D eigenvalue weighted by atomic mass is 10.0. The second kappa shape index (κ2) is 4.59. The van der Waals surface area contributed by atoms with Crippen LogP contribution in [0.3, 0.4) is 0 Å². The Kier molecular flexibility index (Phi) is 2.94. The molecule has 2 fully saturated rings. The van der Waals surface area contributed by atoms with Crippen LogP contribution < -0.4 is 5.73 Å². The van der Waals surface area contributed by atoms with Gasteiger partial charge in [0.2, 0.25) is 5.91 Å². The van der Waals surface area contributed by atoms with E-state index in [0.29, 0.717) is 12.1 Å². The van der Waals surface area contributed by atoms with E-state index >= 15 is 0 Å². The molecule has 3 rings (SSSR count). The van der Waals surface area contributed by atoms with Crippen molar-refractivity contribution in [1.29, 1.82) is 0 Å². The number of amides is 1. The van der Waals surface area contributed by atoms with Crippen LogP contribution in [0.25, 0.3) is 0 Å². The first-order valence-electron chi connectivity index (χ1n) is 6.70. The Morgan fingerprint density at radius 1 is 1.33 bits per heavy atom. The van der Waals surface area contributed by atoms with Gasteiger partial charge in [-0.15, -0.1) is 0 Å². The van der Waals surface area contributed by atoms with Crippen LogP contribution in [-0.2, 0) is 11.2 Å². The highest BCUT2D eigenvalue weighted by atomic mass is 16.2. The minimum atomic E-state index is 0.210. The number of rotatable bonds is 2. The molecule has 2 atom stereocenters. The third-order valence-corrected chi connectivity index (χ3v) is 4.26. The van der Waals surface area contributed by atoms with Crippen LogP contribution in [0.2, 0.25) is 0 Å². The molecule has 4 nitrogen and oxygen atoms in total. The van der Waals surface area contributed by atoms with Gasteiger partial charge in [-0.3, -0.25) is 9.78 Å². The average Bonchev–Trinajstić information content (AvgIpc) is 2.92. The molecule has 96 valence electrons. The van der Waals surface area contributed by atoms with Gasteiger partial charge in [-0.05, 0) is 36.8 Å². The molecule has 0 spiro atoms. The monoisotopic (exact) mass is 245 g/mol. The maximum atomic E-state index is 12.2. The molecule has 2 aliphatic rings. The van der Waals surface area contributed by atoms with Gasteiger partial charge in [0.25, 0.3) is 0 Å². The summed E-state index contributed by atoms with van der Waals surface area (Å²) in [7, 11) is 0. The Morgan fingerprint density at radius 2 is 2.06 bits per heavy atom. The van der Waals surface area contributed by atoms with Crippen molar-refractivity contribution in [3.63, 3.8) is 0 Å². The predicted octanol–water partition coefficient (Wildman–Crippen LogP) is 1.46. The number of pyridine rings is 1. The number of hydrogen-bond donors (Lipinski definition) is 1. The molecule has 1 amide bonds. The number of nitrogens with two attached hydrogens (primary N) is 1. The molecule has 0 aromatic carbocycles. The number of likely N-dealkylation sites (tertiary alicyclic amines) is 1. The molecule has 2 heterocycles. The molecule has 1 saturated carbocycles. The van der Waals surface area contributed by atoms with Gasteiger partial charge in [0, 0.05) is 18.8 Å². The van der Waals surface area contributed by atoms with Gasteiger partial charge in [0.1, 0.15) is 0 Å². The van der Waals surface area contributed by atoms with Gasteiger partial charge in [0.15, 0.2) is 0 Å². The zero-order chi connectivity index (χ0) is 12.5. The number of fused-ring (bicyclic) bond motifs is 1. The normalized spacial score (nSPS) is 26.3. The molecule has 1 aliphatic heterocycles. The Bertz CT molecular complexity index is 431. The first-order valence-corrected chi connectivity index (χ1v) is 6.70. The lowest BCUT2D eigenvalue weighted by molar-refractivity contribution is -0.129. The molecule has 1 aliphatic carbocycles. The van der Waals surface area contributed by atoms with E-state index in [0.717, 1.165) is 30.6 Å². The molecule has 4 heteroatoms. The highest BCUT2D eigenvalue weighted by Gasteiger charge is 2.37. The summed E-state index contributed by atoms with van der Waals surface area (Å²) in [4.78, 5) is 18.4. The summed E-state index contributed by atoms with van der Waals surface area (Å²) in [6.07, 6.45) is 5.96. The van der Waals surface area contributed by atoms with Gasteiger partial charge < -0.3 is 10.6 Å². The first-order chi connectivity index (χ1) is 8.72. The van der Waals surface area contributed by atoms with Crippen LogP contribution in [0.15, 0.2) is 18.3 Å². The third-order valence-electron chi connectivity index (χ3n) is 4.26. The molecule has 18 heavy (non-hydrogen) atoms. The van der Waals surface area contributed by atoms with Crippen LogP contribution in [0.1, 0.15) is 25.0 Å². The largest absolute Gasteiger partial charge is 0.397 e. The Morgan fingerprint density at radius 3 is 2.67 bits per heavy atom. The molecule has 2 N–H and O–H groups in total. The number of nitrogens with zero attached hydrogens (tertiary/aromatic N) is 2. The Labute approximate surface area is 107 Å². The fourth-order valence-corrected chi connectivity index (χ4v) is 3.25. The molecular weight excluding hydrogens is 226 g/mol. The number of nitrogen functional groups attached to an aromatic ring is 1. The van der Waals surface area contributed by atoms with Crippen molar-refractivity contribution in [2.75, 3.05) is 18.8 Å². The number of carbonyl (C=O) groups excluding carboxylic acids is 1. The second-order valence-electron chi connectivity index (χ2n) is 5.51. The standard InChI is InChI=1S/C14H19N3O/c15-12-4-5-13(16-7-12)6-14(18)17-8-10-2-1-3-11(10)9-17/h4-5,7,10-11H,1-3,6,8-9,15H2. The van der Waals surface area contributed by atoms with E-state index in [2.05, 4.69) is 4.98 Å². The van der Waals surface area contributed by atoms with Gasteiger partial charge in [-0.25, -0.2) is 0 Å². The summed E-state index contributed by atoms with van der Waals surface area (Å²) in [6, 6.07) is 3.64. The third kappa shape index (κ3) is 2.19. The lowest BCUT2D eigenvalue weighted by Crippen LogP contribution is -2.31. The summed E-state index contributed by atoms with van der Waals surface area (Å²) in [6.45, 7) is 1.91. The Hall–Kier alpha value is -1.58. The molecular formula is C14H19N3O. The molecule has 0 radical (unpaired) electrons. The van der Waals surface area contributed by atoms with Crippen LogP contribution in [0, 0.1) is 11.8 Å². The number of anilines is 1. The summed E-state index contributed by atoms with van der Waals surface area (Å²) in [5.74, 6) is 1.73. The zero-order valence-electron chi connectivity index (χ0n) is 10.5. The lowest BCUT2D eigenvalue weighted by Gasteiger charge is -2.17. The predicted molar refractivity (Wildman–Crippen MR) is 69.8 cm³/mol.